The summed E-state index contributed by atoms with van der Waals surface area (Å²) in [4.78, 5) is 37.4. The predicted molar refractivity (Wildman–Crippen MR) is 143 cm³/mol. The molecule has 0 aromatic heterocycles. The number of carboxylic acids is 1. The first kappa shape index (κ1) is 26.0. The summed E-state index contributed by atoms with van der Waals surface area (Å²) < 4.78 is 13.4. The highest BCUT2D eigenvalue weighted by Gasteiger charge is 2.39. The van der Waals surface area contributed by atoms with Crippen molar-refractivity contribution in [1.82, 2.24) is 0 Å². The minimum Gasteiger partial charge on any atom is -0.478 e. The lowest BCUT2D eigenvalue weighted by Gasteiger charge is -2.43. The number of carbonyl (C=O) groups is 3. The summed E-state index contributed by atoms with van der Waals surface area (Å²) in [6.07, 6.45) is 4.94. The number of fused-ring (bicyclic) bond motifs is 1. The zero-order valence-electron chi connectivity index (χ0n) is 21.4. The number of amides is 1. The molecule has 4 rings (SSSR count). The van der Waals surface area contributed by atoms with Crippen LogP contribution in [0.5, 0.6) is 0 Å². The van der Waals surface area contributed by atoms with Gasteiger partial charge in [-0.05, 0) is 95.0 Å². The van der Waals surface area contributed by atoms with Crippen LogP contribution in [0.1, 0.15) is 88.3 Å². The van der Waals surface area contributed by atoms with Gasteiger partial charge in [-0.1, -0.05) is 45.9 Å². The average Bonchev–Trinajstić information content (AvgIpc) is 2.85. The van der Waals surface area contributed by atoms with Crippen molar-refractivity contribution in [3.8, 4) is 0 Å². The zero-order valence-corrected chi connectivity index (χ0v) is 21.4. The van der Waals surface area contributed by atoms with E-state index in [1.54, 1.807) is 24.3 Å². The Morgan fingerprint density at radius 3 is 2.05 bits per heavy atom. The number of aromatic carboxylic acids is 1. The molecular formula is C31H30FNO4. The lowest BCUT2D eigenvalue weighted by molar-refractivity contribution is 0.0696. The van der Waals surface area contributed by atoms with E-state index in [-0.39, 0.29) is 28.1 Å². The Labute approximate surface area is 216 Å². The van der Waals surface area contributed by atoms with E-state index in [2.05, 4.69) is 33.0 Å². The van der Waals surface area contributed by atoms with Crippen molar-refractivity contribution in [2.45, 2.75) is 51.4 Å². The number of anilines is 1. The highest BCUT2D eigenvalue weighted by molar-refractivity contribution is 6.09. The number of carbonyl (C=O) groups excluding carboxylic acids is 2. The Morgan fingerprint density at radius 2 is 1.43 bits per heavy atom. The predicted octanol–water partition coefficient (Wildman–Crippen LogP) is 7.02. The largest absolute Gasteiger partial charge is 0.478 e. The van der Waals surface area contributed by atoms with Crippen LogP contribution in [-0.2, 0) is 10.8 Å². The molecule has 0 aliphatic heterocycles. The molecule has 0 atom stereocenters. The van der Waals surface area contributed by atoms with E-state index < -0.39 is 11.8 Å². The molecule has 3 aromatic carbocycles. The third-order valence-electron chi connectivity index (χ3n) is 7.14. The van der Waals surface area contributed by atoms with Gasteiger partial charge in [0.15, 0.2) is 5.78 Å². The van der Waals surface area contributed by atoms with Gasteiger partial charge in [0, 0.05) is 16.8 Å². The molecular weight excluding hydrogens is 469 g/mol. The second kappa shape index (κ2) is 9.77. The van der Waals surface area contributed by atoms with Crippen LogP contribution in [0.2, 0.25) is 0 Å². The van der Waals surface area contributed by atoms with Gasteiger partial charge in [-0.2, -0.15) is 0 Å². The van der Waals surface area contributed by atoms with Gasteiger partial charge in [0.05, 0.1) is 5.56 Å². The maximum absolute atomic E-state index is 13.4. The molecule has 0 fully saturated rings. The first-order valence-electron chi connectivity index (χ1n) is 12.2. The first-order chi connectivity index (χ1) is 17.4. The Hall–Kier alpha value is -4.06. The molecule has 3 aromatic rings. The monoisotopic (exact) mass is 499 g/mol. The second-order valence-corrected chi connectivity index (χ2v) is 10.8. The Balaban J connectivity index is 1.74. The second-order valence-electron chi connectivity index (χ2n) is 10.8. The molecule has 0 spiro atoms. The van der Waals surface area contributed by atoms with Gasteiger partial charge in [0.2, 0.25) is 0 Å². The number of nitrogens with one attached hydrogen (secondary N) is 1. The van der Waals surface area contributed by atoms with Gasteiger partial charge in [-0.25, -0.2) is 9.18 Å². The number of ketones is 1. The van der Waals surface area contributed by atoms with E-state index in [9.17, 15) is 18.8 Å². The van der Waals surface area contributed by atoms with Crippen LogP contribution < -0.4 is 5.32 Å². The average molecular weight is 500 g/mol. The lowest BCUT2D eigenvalue weighted by Crippen LogP contribution is -2.35. The fourth-order valence-electron chi connectivity index (χ4n) is 4.83. The summed E-state index contributed by atoms with van der Waals surface area (Å²) in [5, 5.41) is 12.1. The highest BCUT2D eigenvalue weighted by Crippen LogP contribution is 2.49. The minimum atomic E-state index is -1.01. The summed E-state index contributed by atoms with van der Waals surface area (Å²) in [6.45, 7) is 8.55. The highest BCUT2D eigenvalue weighted by atomic mass is 19.1. The molecule has 0 bridgehead atoms. The molecule has 2 N–H and O–H groups in total. The Bertz CT molecular complexity index is 1400. The van der Waals surface area contributed by atoms with Gasteiger partial charge >= 0.3 is 5.97 Å². The molecule has 0 saturated heterocycles. The van der Waals surface area contributed by atoms with Crippen molar-refractivity contribution < 1.29 is 23.9 Å². The van der Waals surface area contributed by atoms with Crippen LogP contribution in [0, 0.1) is 5.82 Å². The van der Waals surface area contributed by atoms with Crippen LogP contribution in [0.15, 0.2) is 66.7 Å². The minimum absolute atomic E-state index is 0.171. The number of halogens is 1. The molecule has 0 saturated carbocycles. The lowest BCUT2D eigenvalue weighted by atomic mass is 9.62. The number of allylic oxidation sites excluding steroid dienone is 1. The number of carboxylic acid groups (broad SMARTS) is 1. The summed E-state index contributed by atoms with van der Waals surface area (Å²) in [5.74, 6) is -2.04. The summed E-state index contributed by atoms with van der Waals surface area (Å²) >= 11 is 0. The van der Waals surface area contributed by atoms with E-state index in [1.165, 1.54) is 42.5 Å². The van der Waals surface area contributed by atoms with Crippen molar-refractivity contribution in [2.24, 2.45) is 0 Å². The van der Waals surface area contributed by atoms with Crippen molar-refractivity contribution >= 4 is 29.4 Å². The van der Waals surface area contributed by atoms with Gasteiger partial charge < -0.3 is 10.4 Å². The van der Waals surface area contributed by atoms with Crippen LogP contribution in [-0.4, -0.2) is 22.8 Å². The third kappa shape index (κ3) is 5.53. The van der Waals surface area contributed by atoms with Gasteiger partial charge in [0.1, 0.15) is 5.82 Å². The number of hydrogen-bond donors (Lipinski definition) is 2. The molecule has 6 heteroatoms. The fourth-order valence-corrected chi connectivity index (χ4v) is 4.83. The van der Waals surface area contributed by atoms with E-state index in [0.29, 0.717) is 22.4 Å². The van der Waals surface area contributed by atoms with Crippen LogP contribution in [0.25, 0.3) is 6.08 Å². The number of rotatable bonds is 6. The normalized spacial score (nSPS) is 15.7. The third-order valence-corrected chi connectivity index (χ3v) is 7.14. The molecule has 1 amide bonds. The molecule has 1 aliphatic carbocycles. The Morgan fingerprint density at radius 1 is 0.838 bits per heavy atom. The topological polar surface area (TPSA) is 83.5 Å². The SMILES string of the molecule is CC1(C)CCC(C)(C)c2c(NC(=O)c3ccc(F)cc3)cc(C(=O)/C=C/c3ccc(C(=O)O)cc3)cc21. The van der Waals surface area contributed by atoms with Gasteiger partial charge in [-0.15, -0.1) is 0 Å². The maximum Gasteiger partial charge on any atom is 0.335 e. The smallest absolute Gasteiger partial charge is 0.335 e. The number of benzene rings is 3. The first-order valence-corrected chi connectivity index (χ1v) is 12.2. The molecule has 0 heterocycles. The van der Waals surface area contributed by atoms with Crippen LogP contribution >= 0.6 is 0 Å². The molecule has 0 unspecified atom stereocenters. The molecule has 190 valence electrons. The van der Waals surface area contributed by atoms with Gasteiger partial charge in [0.25, 0.3) is 5.91 Å². The van der Waals surface area contributed by atoms with E-state index in [0.717, 1.165) is 24.0 Å². The molecule has 5 nitrogen and oxygen atoms in total. The fraction of sp³-hybridized carbons (Fsp3) is 0.258. The summed E-state index contributed by atoms with van der Waals surface area (Å²) in [6, 6.07) is 15.2. The Kier molecular flexibility index (Phi) is 6.87. The maximum atomic E-state index is 13.4. The quantitative estimate of drug-likeness (QED) is 0.282. The van der Waals surface area contributed by atoms with Crippen molar-refractivity contribution in [2.75, 3.05) is 5.32 Å². The van der Waals surface area contributed by atoms with Crippen molar-refractivity contribution in [3.63, 3.8) is 0 Å². The standard InChI is InChI=1S/C31H30FNO4/c1-30(2)15-16-31(3,4)27-24(30)17-22(18-25(27)33-28(35)20-10-12-23(32)13-11-20)26(34)14-7-19-5-8-21(9-6-19)29(36)37/h5-14,17-18H,15-16H2,1-4H3,(H,33,35)(H,36,37)/b14-7+. The molecule has 0 radical (unpaired) electrons. The van der Waals surface area contributed by atoms with E-state index in [4.69, 9.17) is 5.11 Å². The zero-order chi connectivity index (χ0) is 27.0. The summed E-state index contributed by atoms with van der Waals surface area (Å²) in [5.41, 5.74) is 3.81. The van der Waals surface area contributed by atoms with Crippen LogP contribution in [0.3, 0.4) is 0 Å². The van der Waals surface area contributed by atoms with Crippen molar-refractivity contribution in [1.29, 1.82) is 0 Å². The van der Waals surface area contributed by atoms with Crippen molar-refractivity contribution in [3.05, 3.63) is 106 Å². The van der Waals surface area contributed by atoms with Crippen LogP contribution in [0.4, 0.5) is 10.1 Å². The summed E-state index contributed by atoms with van der Waals surface area (Å²) in [7, 11) is 0. The van der Waals surface area contributed by atoms with E-state index >= 15 is 0 Å². The molecule has 37 heavy (non-hydrogen) atoms. The van der Waals surface area contributed by atoms with E-state index in [1.807, 2.05) is 6.07 Å². The molecule has 1 aliphatic rings. The number of hydrogen-bond acceptors (Lipinski definition) is 3. The van der Waals surface area contributed by atoms with Gasteiger partial charge in [-0.3, -0.25) is 9.59 Å².